The van der Waals surface area contributed by atoms with E-state index in [2.05, 4.69) is 0 Å². The lowest BCUT2D eigenvalue weighted by Gasteiger charge is -2.25. The van der Waals surface area contributed by atoms with Gasteiger partial charge in [0.25, 0.3) is 0 Å². The molecule has 0 fully saturated rings. The van der Waals surface area contributed by atoms with Crippen molar-refractivity contribution in [3.05, 3.63) is 65.7 Å². The third kappa shape index (κ3) is 2.88. The van der Waals surface area contributed by atoms with Crippen molar-refractivity contribution in [1.82, 2.24) is 0 Å². The number of sulfone groups is 1. The Morgan fingerprint density at radius 2 is 1.36 bits per heavy atom. The summed E-state index contributed by atoms with van der Waals surface area (Å²) in [6.45, 7) is 2.97. The maximum absolute atomic E-state index is 12.8. The van der Waals surface area contributed by atoms with Crippen LogP contribution in [0.25, 0.3) is 0 Å². The molecule has 0 aliphatic heterocycles. The number of hydrogen-bond acceptors (Lipinski definition) is 2. The Morgan fingerprint density at radius 3 is 1.91 bits per heavy atom. The molecule has 0 unspecified atom stereocenters. The molecule has 0 amide bonds. The molecule has 0 heterocycles. The summed E-state index contributed by atoms with van der Waals surface area (Å²) < 4.78 is 62.5. The van der Waals surface area contributed by atoms with E-state index in [9.17, 15) is 21.6 Å². The Morgan fingerprint density at radius 1 is 0.818 bits per heavy atom. The lowest BCUT2D eigenvalue weighted by Crippen LogP contribution is -2.29. The molecule has 0 saturated heterocycles. The molecular formula is C16H15F3O2S. The fourth-order valence-electron chi connectivity index (χ4n) is 2.13. The van der Waals surface area contributed by atoms with Gasteiger partial charge in [-0.3, -0.25) is 0 Å². The number of rotatable bonds is 3. The quantitative estimate of drug-likeness (QED) is 0.836. The first kappa shape index (κ1) is 16.5. The largest absolute Gasteiger partial charge is 0.416 e. The van der Waals surface area contributed by atoms with Gasteiger partial charge in [-0.05, 0) is 37.6 Å². The van der Waals surface area contributed by atoms with E-state index in [1.807, 2.05) is 0 Å². The molecule has 2 aromatic carbocycles. The minimum atomic E-state index is -4.58. The maximum Gasteiger partial charge on any atom is 0.416 e. The van der Waals surface area contributed by atoms with Crippen LogP contribution >= 0.6 is 0 Å². The van der Waals surface area contributed by atoms with Crippen molar-refractivity contribution in [1.29, 1.82) is 0 Å². The van der Waals surface area contributed by atoms with Gasteiger partial charge in [0.1, 0.15) is 0 Å². The van der Waals surface area contributed by atoms with Gasteiger partial charge in [0.05, 0.1) is 15.2 Å². The topological polar surface area (TPSA) is 34.1 Å². The van der Waals surface area contributed by atoms with Gasteiger partial charge in [0.15, 0.2) is 9.84 Å². The average molecular weight is 328 g/mol. The number of halogens is 3. The SMILES string of the molecule is CC(C)(c1ccccc1)S(=O)(=O)c1cccc(C(F)(F)F)c1. The zero-order valence-electron chi connectivity index (χ0n) is 12.1. The van der Waals surface area contributed by atoms with Gasteiger partial charge in [-0.25, -0.2) is 8.42 Å². The second-order valence-electron chi connectivity index (χ2n) is 5.41. The molecule has 2 nitrogen and oxygen atoms in total. The van der Waals surface area contributed by atoms with Crippen LogP contribution in [0, 0.1) is 0 Å². The Bertz CT molecular complexity index is 763. The lowest BCUT2D eigenvalue weighted by atomic mass is 10.0. The lowest BCUT2D eigenvalue weighted by molar-refractivity contribution is -0.137. The summed E-state index contributed by atoms with van der Waals surface area (Å²) in [4.78, 5) is -0.337. The van der Waals surface area contributed by atoms with E-state index in [4.69, 9.17) is 0 Å². The van der Waals surface area contributed by atoms with E-state index >= 15 is 0 Å². The zero-order valence-corrected chi connectivity index (χ0v) is 12.9. The second-order valence-corrected chi connectivity index (χ2v) is 7.90. The van der Waals surface area contributed by atoms with Crippen LogP contribution in [0.15, 0.2) is 59.5 Å². The summed E-state index contributed by atoms with van der Waals surface area (Å²) in [6.07, 6.45) is -4.58. The van der Waals surface area contributed by atoms with Gasteiger partial charge >= 0.3 is 6.18 Å². The molecule has 2 rings (SSSR count). The van der Waals surface area contributed by atoms with Gasteiger partial charge in [0, 0.05) is 0 Å². The molecular weight excluding hydrogens is 313 g/mol. The van der Waals surface area contributed by atoms with Gasteiger partial charge in [-0.2, -0.15) is 13.2 Å². The molecule has 0 aromatic heterocycles. The van der Waals surface area contributed by atoms with Crippen LogP contribution in [-0.2, 0) is 20.8 Å². The van der Waals surface area contributed by atoms with E-state index in [-0.39, 0.29) is 4.90 Å². The predicted molar refractivity (Wildman–Crippen MR) is 78.1 cm³/mol. The average Bonchev–Trinajstić information content (AvgIpc) is 2.47. The van der Waals surface area contributed by atoms with Crippen LogP contribution < -0.4 is 0 Å². The molecule has 0 radical (unpaired) electrons. The Kier molecular flexibility index (Phi) is 4.08. The van der Waals surface area contributed by atoms with Crippen LogP contribution in [0.3, 0.4) is 0 Å². The molecule has 0 aliphatic carbocycles. The summed E-state index contributed by atoms with van der Waals surface area (Å²) >= 11 is 0. The number of benzene rings is 2. The predicted octanol–water partition coefficient (Wildman–Crippen LogP) is 4.41. The molecule has 2 aromatic rings. The first-order valence-corrected chi connectivity index (χ1v) is 8.02. The normalized spacial score (nSPS) is 13.1. The second kappa shape index (κ2) is 5.43. The minimum absolute atomic E-state index is 0.337. The molecule has 6 heteroatoms. The zero-order chi connectivity index (χ0) is 16.6. The van der Waals surface area contributed by atoms with Crippen LogP contribution in [0.1, 0.15) is 25.0 Å². The fraction of sp³-hybridized carbons (Fsp3) is 0.250. The molecule has 0 N–H and O–H groups in total. The molecule has 118 valence electrons. The van der Waals surface area contributed by atoms with Gasteiger partial charge in [-0.1, -0.05) is 36.4 Å². The van der Waals surface area contributed by atoms with E-state index in [1.165, 1.54) is 19.9 Å². The first-order chi connectivity index (χ1) is 10.1. The summed E-state index contributed by atoms with van der Waals surface area (Å²) in [7, 11) is -3.97. The van der Waals surface area contributed by atoms with E-state index in [0.29, 0.717) is 11.6 Å². The number of hydrogen-bond donors (Lipinski definition) is 0. The molecule has 0 aliphatic rings. The Hall–Kier alpha value is -1.82. The molecule has 0 spiro atoms. The summed E-state index contributed by atoms with van der Waals surface area (Å²) in [6, 6.07) is 12.3. The monoisotopic (exact) mass is 328 g/mol. The van der Waals surface area contributed by atoms with Gasteiger partial charge < -0.3 is 0 Å². The van der Waals surface area contributed by atoms with Crippen molar-refractivity contribution in [3.63, 3.8) is 0 Å². The van der Waals surface area contributed by atoms with E-state index in [1.54, 1.807) is 30.3 Å². The standard InChI is InChI=1S/C16H15F3O2S/c1-15(2,12-7-4-3-5-8-12)22(20,21)14-10-6-9-13(11-14)16(17,18)19/h3-11H,1-2H3. The smallest absolute Gasteiger partial charge is 0.223 e. The van der Waals surface area contributed by atoms with E-state index < -0.39 is 26.3 Å². The Labute approximate surface area is 127 Å². The highest BCUT2D eigenvalue weighted by atomic mass is 32.2. The summed E-state index contributed by atoms with van der Waals surface area (Å²) in [5.74, 6) is 0. The van der Waals surface area contributed by atoms with Gasteiger partial charge in [0.2, 0.25) is 0 Å². The molecule has 22 heavy (non-hydrogen) atoms. The van der Waals surface area contributed by atoms with Crippen molar-refractivity contribution >= 4 is 9.84 Å². The molecule has 0 atom stereocenters. The highest BCUT2D eigenvalue weighted by Crippen LogP contribution is 2.37. The van der Waals surface area contributed by atoms with Crippen LogP contribution in [0.2, 0.25) is 0 Å². The van der Waals surface area contributed by atoms with Crippen molar-refractivity contribution in [2.24, 2.45) is 0 Å². The molecule has 0 saturated carbocycles. The third-order valence-electron chi connectivity index (χ3n) is 3.61. The fourth-order valence-corrected chi connectivity index (χ4v) is 3.70. The van der Waals surface area contributed by atoms with Crippen LogP contribution in [0.5, 0.6) is 0 Å². The Balaban J connectivity index is 2.56. The van der Waals surface area contributed by atoms with Crippen molar-refractivity contribution in [2.75, 3.05) is 0 Å². The first-order valence-electron chi connectivity index (χ1n) is 6.54. The summed E-state index contributed by atoms with van der Waals surface area (Å²) in [5, 5.41) is 0. The highest BCUT2D eigenvalue weighted by molar-refractivity contribution is 7.92. The molecule has 0 bridgehead atoms. The maximum atomic E-state index is 12.8. The highest BCUT2D eigenvalue weighted by Gasteiger charge is 2.39. The van der Waals surface area contributed by atoms with E-state index in [0.717, 1.165) is 12.1 Å². The number of alkyl halides is 3. The van der Waals surface area contributed by atoms with Gasteiger partial charge in [-0.15, -0.1) is 0 Å². The van der Waals surface area contributed by atoms with Crippen molar-refractivity contribution in [3.8, 4) is 0 Å². The van der Waals surface area contributed by atoms with Crippen LogP contribution in [-0.4, -0.2) is 8.42 Å². The van der Waals surface area contributed by atoms with Crippen molar-refractivity contribution in [2.45, 2.75) is 29.7 Å². The van der Waals surface area contributed by atoms with Crippen molar-refractivity contribution < 1.29 is 21.6 Å². The van der Waals surface area contributed by atoms with Crippen LogP contribution in [0.4, 0.5) is 13.2 Å². The minimum Gasteiger partial charge on any atom is -0.223 e. The summed E-state index contributed by atoms with van der Waals surface area (Å²) in [5.41, 5.74) is -0.454. The third-order valence-corrected chi connectivity index (χ3v) is 6.07.